The minimum absolute atomic E-state index is 0.0240. The summed E-state index contributed by atoms with van der Waals surface area (Å²) in [4.78, 5) is 37.7. The van der Waals surface area contributed by atoms with Crippen LogP contribution >= 0.6 is 11.3 Å². The quantitative estimate of drug-likeness (QED) is 0.482. The Kier molecular flexibility index (Phi) is 7.62. The second kappa shape index (κ2) is 10.3. The van der Waals surface area contributed by atoms with Crippen molar-refractivity contribution in [2.75, 3.05) is 13.2 Å². The zero-order valence-corrected chi connectivity index (χ0v) is 18.7. The molecule has 1 aromatic heterocycles. The van der Waals surface area contributed by atoms with E-state index in [1.54, 1.807) is 24.4 Å². The number of aliphatic hydroxyl groups is 1. The number of amides is 2. The molecule has 8 nitrogen and oxygen atoms in total. The number of halogens is 3. The Hall–Kier alpha value is -3.38. The molecule has 0 aliphatic carbocycles. The van der Waals surface area contributed by atoms with E-state index < -0.39 is 54.4 Å². The van der Waals surface area contributed by atoms with Gasteiger partial charge in [-0.3, -0.25) is 4.79 Å². The van der Waals surface area contributed by atoms with Gasteiger partial charge in [0.25, 0.3) is 0 Å². The highest BCUT2D eigenvalue weighted by Crippen LogP contribution is 2.41. The fourth-order valence-corrected chi connectivity index (χ4v) is 4.13. The number of benzene rings is 1. The summed E-state index contributed by atoms with van der Waals surface area (Å²) >= 11 is 1.26. The average molecular weight is 498 g/mol. The Bertz CT molecular complexity index is 1070. The molecule has 1 aliphatic rings. The lowest BCUT2D eigenvalue weighted by Crippen LogP contribution is -2.47. The van der Waals surface area contributed by atoms with Crippen LogP contribution in [0.3, 0.4) is 0 Å². The summed E-state index contributed by atoms with van der Waals surface area (Å²) < 4.78 is 51.0. The number of carbonyl (C=O) groups excluding carboxylic acids is 3. The van der Waals surface area contributed by atoms with Gasteiger partial charge in [-0.1, -0.05) is 36.4 Å². The van der Waals surface area contributed by atoms with Gasteiger partial charge in [-0.15, -0.1) is 11.3 Å². The van der Waals surface area contributed by atoms with E-state index in [4.69, 9.17) is 9.47 Å². The topological polar surface area (TPSA) is 114 Å². The van der Waals surface area contributed by atoms with Crippen LogP contribution in [0.5, 0.6) is 0 Å². The van der Waals surface area contributed by atoms with Crippen LogP contribution in [0.25, 0.3) is 0 Å². The van der Waals surface area contributed by atoms with Crippen molar-refractivity contribution in [3.05, 3.63) is 69.6 Å². The molecule has 0 spiro atoms. The van der Waals surface area contributed by atoms with Gasteiger partial charge in [0, 0.05) is 4.88 Å². The van der Waals surface area contributed by atoms with E-state index in [2.05, 4.69) is 10.6 Å². The summed E-state index contributed by atoms with van der Waals surface area (Å²) in [6.45, 7) is 0.885. The molecule has 0 bridgehead atoms. The first kappa shape index (κ1) is 25.2. The van der Waals surface area contributed by atoms with E-state index in [9.17, 15) is 32.7 Å². The van der Waals surface area contributed by atoms with E-state index in [0.717, 1.165) is 12.1 Å². The summed E-state index contributed by atoms with van der Waals surface area (Å²) in [6, 6.07) is 7.91. The van der Waals surface area contributed by atoms with Crippen molar-refractivity contribution < 1.29 is 42.1 Å². The van der Waals surface area contributed by atoms with Gasteiger partial charge in [-0.25, -0.2) is 9.59 Å². The summed E-state index contributed by atoms with van der Waals surface area (Å²) in [5, 5.41) is 17.0. The standard InChI is InChI=1S/C22H21F3N2O6S/c1-2-32-19(29)17-14(26-20(30)27-18(17)15-9-6-10-34-15)12-33-16(28)11-21(31,22(23,24)25)13-7-4-3-5-8-13/h3-10,18,31H,2,11-12H2,1H3,(H2,26,27,30)/t18-,21+/m0/s1. The van der Waals surface area contributed by atoms with Crippen molar-refractivity contribution in [1.82, 2.24) is 10.6 Å². The van der Waals surface area contributed by atoms with E-state index in [1.807, 2.05) is 0 Å². The van der Waals surface area contributed by atoms with Crippen molar-refractivity contribution in [2.45, 2.75) is 31.2 Å². The largest absolute Gasteiger partial charge is 0.463 e. The Balaban J connectivity index is 1.85. The zero-order valence-electron chi connectivity index (χ0n) is 17.8. The van der Waals surface area contributed by atoms with Crippen LogP contribution in [0.4, 0.5) is 18.0 Å². The molecular weight excluding hydrogens is 477 g/mol. The van der Waals surface area contributed by atoms with E-state index in [1.165, 1.54) is 29.5 Å². The second-order valence-corrected chi connectivity index (χ2v) is 8.20. The van der Waals surface area contributed by atoms with Gasteiger partial charge in [0.2, 0.25) is 0 Å². The van der Waals surface area contributed by atoms with Crippen molar-refractivity contribution in [3.63, 3.8) is 0 Å². The molecule has 182 valence electrons. The van der Waals surface area contributed by atoms with Crippen LogP contribution in [0, 0.1) is 0 Å². The highest BCUT2D eigenvalue weighted by atomic mass is 32.1. The van der Waals surface area contributed by atoms with Gasteiger partial charge in [0.15, 0.2) is 5.60 Å². The summed E-state index contributed by atoms with van der Waals surface area (Å²) in [5.74, 6) is -2.18. The molecule has 0 fully saturated rings. The number of nitrogens with one attached hydrogen (secondary N) is 2. The molecule has 3 rings (SSSR count). The predicted octanol–water partition coefficient (Wildman–Crippen LogP) is 3.30. The molecule has 0 radical (unpaired) electrons. The minimum Gasteiger partial charge on any atom is -0.463 e. The van der Waals surface area contributed by atoms with E-state index in [0.29, 0.717) is 4.88 Å². The maximum absolute atomic E-state index is 13.7. The van der Waals surface area contributed by atoms with Crippen LogP contribution in [0.2, 0.25) is 0 Å². The first-order valence-corrected chi connectivity index (χ1v) is 11.0. The minimum atomic E-state index is -5.17. The molecule has 2 atom stereocenters. The number of urea groups is 1. The monoisotopic (exact) mass is 498 g/mol. The summed E-state index contributed by atoms with van der Waals surface area (Å²) in [5.41, 5.74) is -4.20. The van der Waals surface area contributed by atoms with Crippen LogP contribution in [-0.4, -0.2) is 42.5 Å². The molecular formula is C22H21F3N2O6S. The Labute approximate surface area is 196 Å². The fourth-order valence-electron chi connectivity index (χ4n) is 3.34. The van der Waals surface area contributed by atoms with Gasteiger partial charge in [0.1, 0.15) is 6.61 Å². The number of rotatable bonds is 8. The Morgan fingerprint density at radius 3 is 2.41 bits per heavy atom. The third-order valence-electron chi connectivity index (χ3n) is 4.97. The molecule has 1 aromatic carbocycles. The average Bonchev–Trinajstić information content (AvgIpc) is 3.32. The lowest BCUT2D eigenvalue weighted by Gasteiger charge is -2.31. The highest BCUT2D eigenvalue weighted by molar-refractivity contribution is 7.10. The molecule has 3 N–H and O–H groups in total. The van der Waals surface area contributed by atoms with Gasteiger partial charge in [0.05, 0.1) is 30.3 Å². The van der Waals surface area contributed by atoms with Gasteiger partial charge in [-0.05, 0) is 23.9 Å². The fraction of sp³-hybridized carbons (Fsp3) is 0.318. The first-order valence-electron chi connectivity index (χ1n) is 10.1. The molecule has 2 amide bonds. The number of ether oxygens (including phenoxy) is 2. The Morgan fingerprint density at radius 2 is 1.82 bits per heavy atom. The van der Waals surface area contributed by atoms with Crippen LogP contribution < -0.4 is 10.6 Å². The van der Waals surface area contributed by atoms with Gasteiger partial charge < -0.3 is 25.2 Å². The van der Waals surface area contributed by atoms with Crippen molar-refractivity contribution >= 4 is 29.3 Å². The molecule has 2 heterocycles. The van der Waals surface area contributed by atoms with Crippen molar-refractivity contribution in [3.8, 4) is 0 Å². The number of thiophene rings is 1. The van der Waals surface area contributed by atoms with Crippen LogP contribution in [0.1, 0.15) is 29.8 Å². The third-order valence-corrected chi connectivity index (χ3v) is 5.91. The maximum atomic E-state index is 13.7. The number of alkyl halides is 3. The van der Waals surface area contributed by atoms with Crippen molar-refractivity contribution in [1.29, 1.82) is 0 Å². The van der Waals surface area contributed by atoms with Crippen LogP contribution in [-0.2, 0) is 24.7 Å². The number of hydrogen-bond acceptors (Lipinski definition) is 7. The Morgan fingerprint density at radius 1 is 1.12 bits per heavy atom. The molecule has 34 heavy (non-hydrogen) atoms. The second-order valence-electron chi connectivity index (χ2n) is 7.22. The van der Waals surface area contributed by atoms with Gasteiger partial charge >= 0.3 is 24.1 Å². The molecule has 0 saturated carbocycles. The molecule has 0 saturated heterocycles. The number of hydrogen-bond donors (Lipinski definition) is 3. The third kappa shape index (κ3) is 5.39. The lowest BCUT2D eigenvalue weighted by atomic mass is 9.90. The van der Waals surface area contributed by atoms with Crippen LogP contribution in [0.15, 0.2) is 59.1 Å². The SMILES string of the molecule is CCOC(=O)C1=C(COC(=O)C[C@@](O)(c2ccccc2)C(F)(F)F)NC(=O)N[C@H]1c1cccs1. The van der Waals surface area contributed by atoms with E-state index >= 15 is 0 Å². The predicted molar refractivity (Wildman–Crippen MR) is 114 cm³/mol. The zero-order chi connectivity index (χ0) is 24.9. The normalized spacial score (nSPS) is 17.9. The molecule has 0 unspecified atom stereocenters. The summed E-state index contributed by atoms with van der Waals surface area (Å²) in [7, 11) is 0. The van der Waals surface area contributed by atoms with E-state index in [-0.39, 0.29) is 17.9 Å². The lowest BCUT2D eigenvalue weighted by molar-refractivity contribution is -0.269. The molecule has 2 aromatic rings. The summed E-state index contributed by atoms with van der Waals surface area (Å²) in [6.07, 6.45) is -6.60. The first-order chi connectivity index (χ1) is 16.1. The molecule has 1 aliphatic heterocycles. The maximum Gasteiger partial charge on any atom is 0.422 e. The highest BCUT2D eigenvalue weighted by Gasteiger charge is 2.56. The number of carbonyl (C=O) groups is 3. The molecule has 12 heteroatoms. The van der Waals surface area contributed by atoms with Gasteiger partial charge in [-0.2, -0.15) is 13.2 Å². The smallest absolute Gasteiger partial charge is 0.422 e. The number of esters is 2. The van der Waals surface area contributed by atoms with Crippen molar-refractivity contribution in [2.24, 2.45) is 0 Å².